The van der Waals surface area contributed by atoms with Crippen LogP contribution in [0.1, 0.15) is 119 Å². The third-order valence-electron chi connectivity index (χ3n) is 15.7. The van der Waals surface area contributed by atoms with Gasteiger partial charge in [0.15, 0.2) is 6.23 Å². The highest BCUT2D eigenvalue weighted by molar-refractivity contribution is 5.73. The Kier molecular flexibility index (Phi) is 9.76. The van der Waals surface area contributed by atoms with Crippen LogP contribution >= 0.6 is 0 Å². The first-order valence-electron chi connectivity index (χ1n) is 20.7. The lowest BCUT2D eigenvalue weighted by Gasteiger charge is -2.49. The first-order chi connectivity index (χ1) is 25.2. The van der Waals surface area contributed by atoms with Gasteiger partial charge in [-0.25, -0.2) is 4.68 Å². The standard InChI is InChI=1S/C42H63N5O6/c1-22-15-36-39(26(5)42(53-36)14-12-32-33-10-9-29-16-31(50)11-13-41(29,8)35(33)17-34(32)25(42)4)46(18-22)19-30-20-47(45-44-30)40-38(43-27(6)48)24(3)23(2)37(52-40)21-51-28(7)49/h9,20,22-24,26,31-33,35-40,50H,10-19,21H2,1-8H3,(H,43,48)/t22-,23+,24?,26+,31-,32-,33-,35-,36+,37?,38-,39-,40+,41-,42-/m0/s1. The molecule has 0 bridgehead atoms. The number of nitrogens with one attached hydrogen (secondary N) is 1. The van der Waals surface area contributed by atoms with Crippen LogP contribution in [0, 0.1) is 46.8 Å². The molecule has 1 amide bonds. The molecule has 3 aliphatic heterocycles. The van der Waals surface area contributed by atoms with Crippen molar-refractivity contribution in [2.75, 3.05) is 13.2 Å². The maximum absolute atomic E-state index is 12.3. The number of nitrogens with zero attached hydrogens (tertiary/aromatic N) is 4. The van der Waals surface area contributed by atoms with Crippen molar-refractivity contribution in [2.45, 2.75) is 156 Å². The Labute approximate surface area is 315 Å². The lowest BCUT2D eigenvalue weighted by atomic mass is 9.56. The first-order valence-corrected chi connectivity index (χ1v) is 20.7. The SMILES string of the molecule is CC(=O)N[C@H]1C(C)[C@@H](C)C(COC(C)=O)O[C@H]1n1cc(CN2C[C@@H](C)C[C@H]3O[C@]4(CC[C@@H]5C(=C4C)C[C@H]4[C@H]5CC=C5C[C@@H](O)CC[C@@]54C)[C@H](C)[C@@H]32)nn1. The number of aliphatic hydroxyl groups is 1. The Hall–Kier alpha value is -2.60. The Balaban J connectivity index is 1.02. The summed E-state index contributed by atoms with van der Waals surface area (Å²) in [5.41, 5.74) is 5.58. The van der Waals surface area contributed by atoms with Crippen molar-refractivity contribution in [3.8, 4) is 0 Å². The van der Waals surface area contributed by atoms with Gasteiger partial charge in [-0.05, 0) is 105 Å². The van der Waals surface area contributed by atoms with Gasteiger partial charge in [-0.1, -0.05) is 57.1 Å². The quantitative estimate of drug-likeness (QED) is 0.278. The van der Waals surface area contributed by atoms with Crippen molar-refractivity contribution in [2.24, 2.45) is 46.8 Å². The number of carbonyl (C=O) groups excluding carboxylic acids is 2. The zero-order valence-electron chi connectivity index (χ0n) is 33.2. The third-order valence-corrected chi connectivity index (χ3v) is 15.7. The van der Waals surface area contributed by atoms with E-state index >= 15 is 0 Å². The number of carbonyl (C=O) groups is 2. The molecule has 2 saturated carbocycles. The highest BCUT2D eigenvalue weighted by Crippen LogP contribution is 2.65. The number of esters is 1. The summed E-state index contributed by atoms with van der Waals surface area (Å²) in [5.74, 6) is 2.50. The third kappa shape index (κ3) is 6.24. The van der Waals surface area contributed by atoms with Gasteiger partial charge < -0.3 is 24.6 Å². The van der Waals surface area contributed by atoms with Crippen LogP contribution < -0.4 is 5.32 Å². The van der Waals surface area contributed by atoms with Gasteiger partial charge >= 0.3 is 5.97 Å². The number of hydrogen-bond donors (Lipinski definition) is 2. The van der Waals surface area contributed by atoms with Crippen molar-refractivity contribution in [1.82, 2.24) is 25.2 Å². The zero-order valence-corrected chi connectivity index (χ0v) is 33.2. The summed E-state index contributed by atoms with van der Waals surface area (Å²) >= 11 is 0. The summed E-state index contributed by atoms with van der Waals surface area (Å²) in [7, 11) is 0. The van der Waals surface area contributed by atoms with Crippen molar-refractivity contribution in [1.29, 1.82) is 0 Å². The van der Waals surface area contributed by atoms with Crippen LogP contribution in [0.25, 0.3) is 0 Å². The van der Waals surface area contributed by atoms with Gasteiger partial charge in [-0.15, -0.1) is 5.10 Å². The smallest absolute Gasteiger partial charge is 0.302 e. The molecule has 2 N–H and O–H groups in total. The Morgan fingerprint density at radius 1 is 1.11 bits per heavy atom. The molecule has 7 aliphatic rings. The Bertz CT molecular complexity index is 1660. The number of hydrogen-bond acceptors (Lipinski definition) is 9. The van der Waals surface area contributed by atoms with Crippen molar-refractivity contribution in [3.63, 3.8) is 0 Å². The normalized spacial score (nSPS) is 45.2. The van der Waals surface area contributed by atoms with Crippen molar-refractivity contribution in [3.05, 3.63) is 34.7 Å². The van der Waals surface area contributed by atoms with E-state index in [1.807, 2.05) is 6.20 Å². The fourth-order valence-corrected chi connectivity index (χ4v) is 12.7. The van der Waals surface area contributed by atoms with Gasteiger partial charge in [0.05, 0.1) is 41.8 Å². The minimum atomic E-state index is -0.580. The second-order valence-corrected chi connectivity index (χ2v) is 18.6. The molecule has 4 aliphatic carbocycles. The molecule has 11 nitrogen and oxygen atoms in total. The summed E-state index contributed by atoms with van der Waals surface area (Å²) in [4.78, 5) is 26.6. The monoisotopic (exact) mass is 733 g/mol. The van der Waals surface area contributed by atoms with E-state index in [2.05, 4.69) is 68.1 Å². The molecule has 4 heterocycles. The van der Waals surface area contributed by atoms with Crippen LogP contribution in [-0.4, -0.2) is 86.0 Å². The lowest BCUT2D eigenvalue weighted by molar-refractivity contribution is -0.184. The maximum atomic E-state index is 12.3. The summed E-state index contributed by atoms with van der Waals surface area (Å²) in [6.07, 6.45) is 12.2. The molecule has 5 fully saturated rings. The van der Waals surface area contributed by atoms with Crippen LogP contribution in [-0.2, 0) is 30.3 Å². The minimum absolute atomic E-state index is 0.0497. The van der Waals surface area contributed by atoms with Crippen LogP contribution in [0.5, 0.6) is 0 Å². The molecule has 1 aromatic rings. The topological polar surface area (TPSA) is 128 Å². The molecule has 0 aromatic carbocycles. The maximum Gasteiger partial charge on any atom is 0.302 e. The molecule has 53 heavy (non-hydrogen) atoms. The molecule has 11 heteroatoms. The van der Waals surface area contributed by atoms with Crippen LogP contribution in [0.2, 0.25) is 0 Å². The van der Waals surface area contributed by atoms with Crippen molar-refractivity contribution >= 4 is 11.9 Å². The van der Waals surface area contributed by atoms with E-state index in [1.165, 1.54) is 37.8 Å². The minimum Gasteiger partial charge on any atom is -0.463 e. The molecule has 1 spiro atoms. The lowest BCUT2D eigenvalue weighted by Crippen LogP contribution is -2.55. The van der Waals surface area contributed by atoms with E-state index < -0.39 is 6.23 Å². The van der Waals surface area contributed by atoms with Gasteiger partial charge in [-0.2, -0.15) is 0 Å². The van der Waals surface area contributed by atoms with E-state index in [0.29, 0.717) is 36.1 Å². The molecule has 3 saturated heterocycles. The molecular formula is C42H63N5O6. The number of ether oxygens (including phenoxy) is 3. The number of likely N-dealkylation sites (tertiary alicyclic amines) is 1. The fourth-order valence-electron chi connectivity index (χ4n) is 12.7. The fraction of sp³-hybridized carbons (Fsp3) is 0.810. The average Bonchev–Trinajstić information content (AvgIpc) is 3.80. The number of aromatic nitrogens is 3. The highest BCUT2D eigenvalue weighted by atomic mass is 16.6. The number of allylic oxidation sites excluding steroid dienone is 2. The van der Waals surface area contributed by atoms with E-state index in [1.54, 1.807) is 10.3 Å². The van der Waals surface area contributed by atoms with Crippen LogP contribution in [0.4, 0.5) is 0 Å². The molecule has 0 radical (unpaired) electrons. The Morgan fingerprint density at radius 2 is 1.91 bits per heavy atom. The van der Waals surface area contributed by atoms with Crippen LogP contribution in [0.3, 0.4) is 0 Å². The predicted octanol–water partition coefficient (Wildman–Crippen LogP) is 5.74. The van der Waals surface area contributed by atoms with Gasteiger partial charge in [-0.3, -0.25) is 14.5 Å². The number of rotatable bonds is 6. The largest absolute Gasteiger partial charge is 0.463 e. The highest BCUT2D eigenvalue weighted by Gasteiger charge is 2.61. The number of piperidine rings is 1. The van der Waals surface area contributed by atoms with Gasteiger partial charge in [0.2, 0.25) is 5.91 Å². The summed E-state index contributed by atoms with van der Waals surface area (Å²) < 4.78 is 21.1. The van der Waals surface area contributed by atoms with E-state index in [-0.39, 0.29) is 71.7 Å². The summed E-state index contributed by atoms with van der Waals surface area (Å²) in [6.45, 7) is 18.6. The predicted molar refractivity (Wildman–Crippen MR) is 199 cm³/mol. The van der Waals surface area contributed by atoms with Gasteiger partial charge in [0.25, 0.3) is 0 Å². The second kappa shape index (κ2) is 13.9. The van der Waals surface area contributed by atoms with Crippen molar-refractivity contribution < 1.29 is 28.9 Å². The van der Waals surface area contributed by atoms with Gasteiger partial charge in [0, 0.05) is 38.9 Å². The molecule has 1 aromatic heterocycles. The summed E-state index contributed by atoms with van der Waals surface area (Å²) in [6, 6.07) is -0.0295. The number of amides is 1. The van der Waals surface area contributed by atoms with E-state index in [0.717, 1.165) is 50.8 Å². The molecule has 2 unspecified atom stereocenters. The summed E-state index contributed by atoms with van der Waals surface area (Å²) in [5, 5.41) is 22.9. The van der Waals surface area contributed by atoms with Crippen LogP contribution in [0.15, 0.2) is 29.0 Å². The molecule has 8 rings (SSSR count). The number of fused-ring (bicyclic) bond motifs is 6. The van der Waals surface area contributed by atoms with Gasteiger partial charge in [0.1, 0.15) is 6.61 Å². The molecule has 292 valence electrons. The zero-order chi connectivity index (χ0) is 37.6. The second-order valence-electron chi connectivity index (χ2n) is 18.6. The molecular weight excluding hydrogens is 670 g/mol. The Morgan fingerprint density at radius 3 is 2.66 bits per heavy atom. The number of aliphatic hydroxyl groups excluding tert-OH is 1. The average molecular weight is 734 g/mol. The first kappa shape index (κ1) is 37.3. The van der Waals surface area contributed by atoms with E-state index in [9.17, 15) is 14.7 Å². The van der Waals surface area contributed by atoms with E-state index in [4.69, 9.17) is 14.2 Å². The molecule has 15 atom stereocenters.